The van der Waals surface area contributed by atoms with Crippen molar-refractivity contribution in [2.24, 2.45) is 0 Å². The molecule has 0 radical (unpaired) electrons. The largest absolute Gasteiger partial charge is 0.462 e. The molecule has 1 aliphatic heterocycles. The summed E-state index contributed by atoms with van der Waals surface area (Å²) in [5.74, 6) is 0.288. The van der Waals surface area contributed by atoms with Gasteiger partial charge in [-0.3, -0.25) is 0 Å². The molecule has 6 nitrogen and oxygen atoms in total. The Balaban J connectivity index is 2.15. The predicted molar refractivity (Wildman–Crippen MR) is 72.4 cm³/mol. The molecule has 1 N–H and O–H groups in total. The van der Waals surface area contributed by atoms with Crippen LogP contribution in [-0.2, 0) is 4.74 Å². The number of aromatic nitrogens is 2. The third-order valence-corrected chi connectivity index (χ3v) is 3.36. The van der Waals surface area contributed by atoms with Crippen molar-refractivity contribution in [3.63, 3.8) is 0 Å². The summed E-state index contributed by atoms with van der Waals surface area (Å²) >= 11 is 0. The molecule has 1 fully saturated rings. The first-order valence-corrected chi connectivity index (χ1v) is 6.57. The second-order valence-electron chi connectivity index (χ2n) is 4.65. The van der Waals surface area contributed by atoms with E-state index in [1.807, 2.05) is 7.05 Å². The molecule has 0 aromatic carbocycles. The summed E-state index contributed by atoms with van der Waals surface area (Å²) in [5.41, 5.74) is 1.09. The van der Waals surface area contributed by atoms with Crippen molar-refractivity contribution in [2.45, 2.75) is 26.3 Å². The van der Waals surface area contributed by atoms with E-state index < -0.39 is 0 Å². The molecule has 6 heteroatoms. The number of aryl methyl sites for hydroxylation is 1. The van der Waals surface area contributed by atoms with Gasteiger partial charge in [0.1, 0.15) is 0 Å². The molecule has 0 bridgehead atoms. The first kappa shape index (κ1) is 13.7. The van der Waals surface area contributed by atoms with Crippen LogP contribution in [0.25, 0.3) is 0 Å². The summed E-state index contributed by atoms with van der Waals surface area (Å²) < 4.78 is 4.97. The van der Waals surface area contributed by atoms with Gasteiger partial charge in [-0.25, -0.2) is 14.8 Å². The highest BCUT2D eigenvalue weighted by molar-refractivity contribution is 5.90. The van der Waals surface area contributed by atoms with Gasteiger partial charge in [0.05, 0.1) is 17.9 Å². The number of esters is 1. The summed E-state index contributed by atoms with van der Waals surface area (Å²) in [7, 11) is 1.98. The van der Waals surface area contributed by atoms with E-state index in [1.54, 1.807) is 20.0 Å². The van der Waals surface area contributed by atoms with Crippen LogP contribution in [0.5, 0.6) is 0 Å². The zero-order valence-electron chi connectivity index (χ0n) is 11.6. The molecule has 1 atom stereocenters. The number of anilines is 1. The number of carbonyl (C=O) groups excluding carboxylic acids is 1. The summed E-state index contributed by atoms with van der Waals surface area (Å²) in [6.07, 6.45) is 2.63. The van der Waals surface area contributed by atoms with Gasteiger partial charge in [-0.2, -0.15) is 0 Å². The van der Waals surface area contributed by atoms with Crippen molar-refractivity contribution in [2.75, 3.05) is 31.6 Å². The van der Waals surface area contributed by atoms with Gasteiger partial charge >= 0.3 is 5.97 Å². The molecule has 1 unspecified atom stereocenters. The van der Waals surface area contributed by atoms with Crippen molar-refractivity contribution >= 4 is 11.9 Å². The maximum atomic E-state index is 11.7. The van der Waals surface area contributed by atoms with Gasteiger partial charge in [0.2, 0.25) is 5.95 Å². The maximum Gasteiger partial charge on any atom is 0.341 e. The Hall–Kier alpha value is -1.69. The minimum absolute atomic E-state index is 0.355. The van der Waals surface area contributed by atoms with E-state index in [1.165, 1.54) is 0 Å². The number of nitrogens with zero attached hydrogens (tertiary/aromatic N) is 3. The van der Waals surface area contributed by atoms with Crippen LogP contribution < -0.4 is 10.2 Å². The average Bonchev–Trinajstić information content (AvgIpc) is 2.91. The lowest BCUT2D eigenvalue weighted by Crippen LogP contribution is -2.34. The summed E-state index contributed by atoms with van der Waals surface area (Å²) in [4.78, 5) is 22.4. The minimum atomic E-state index is -0.364. The Morgan fingerprint density at radius 2 is 2.42 bits per heavy atom. The van der Waals surface area contributed by atoms with Crippen LogP contribution in [0, 0.1) is 6.92 Å². The fraction of sp³-hybridized carbons (Fsp3) is 0.615. The van der Waals surface area contributed by atoms with Gasteiger partial charge in [0.15, 0.2) is 0 Å². The molecule has 1 aliphatic rings. The lowest BCUT2D eigenvalue weighted by atomic mass is 10.2. The van der Waals surface area contributed by atoms with Gasteiger partial charge in [-0.1, -0.05) is 0 Å². The fourth-order valence-corrected chi connectivity index (χ4v) is 2.17. The molecule has 0 aliphatic carbocycles. The molecule has 1 saturated heterocycles. The van der Waals surface area contributed by atoms with Crippen molar-refractivity contribution in [3.8, 4) is 0 Å². The molecule has 2 rings (SSSR count). The van der Waals surface area contributed by atoms with E-state index in [2.05, 4.69) is 20.2 Å². The minimum Gasteiger partial charge on any atom is -0.462 e. The van der Waals surface area contributed by atoms with Gasteiger partial charge in [-0.05, 0) is 26.8 Å². The predicted octanol–water partition coefficient (Wildman–Crippen LogP) is 0.760. The van der Waals surface area contributed by atoms with E-state index in [0.717, 1.165) is 19.5 Å². The molecule has 0 amide bonds. The standard InChI is InChI=1S/C13H20N4O2/c1-4-19-12(18)11-8-15-13(16-9(11)2)17(3)10-5-6-14-7-10/h8,10,14H,4-7H2,1-3H3. The Kier molecular flexibility index (Phi) is 4.31. The van der Waals surface area contributed by atoms with Gasteiger partial charge in [0.25, 0.3) is 0 Å². The third kappa shape index (κ3) is 3.01. The molecular formula is C13H20N4O2. The van der Waals surface area contributed by atoms with Crippen LogP contribution in [0.2, 0.25) is 0 Å². The van der Waals surface area contributed by atoms with Crippen molar-refractivity contribution in [1.82, 2.24) is 15.3 Å². The van der Waals surface area contributed by atoms with E-state index in [9.17, 15) is 4.79 Å². The second-order valence-corrected chi connectivity index (χ2v) is 4.65. The number of ether oxygens (including phenoxy) is 1. The topological polar surface area (TPSA) is 67.3 Å². The van der Waals surface area contributed by atoms with Gasteiger partial charge in [0, 0.05) is 25.8 Å². The molecule has 104 valence electrons. The fourth-order valence-electron chi connectivity index (χ4n) is 2.17. The molecular weight excluding hydrogens is 244 g/mol. The average molecular weight is 264 g/mol. The molecule has 2 heterocycles. The van der Waals surface area contributed by atoms with Gasteiger partial charge < -0.3 is 15.0 Å². The number of carbonyl (C=O) groups is 1. The molecule has 0 saturated carbocycles. The van der Waals surface area contributed by atoms with E-state index in [-0.39, 0.29) is 5.97 Å². The molecule has 0 spiro atoms. The second kappa shape index (κ2) is 5.97. The molecule has 19 heavy (non-hydrogen) atoms. The summed E-state index contributed by atoms with van der Waals surface area (Å²) in [5, 5.41) is 3.31. The Labute approximate surface area is 113 Å². The van der Waals surface area contributed by atoms with E-state index in [4.69, 9.17) is 4.74 Å². The van der Waals surface area contributed by atoms with Crippen LogP contribution in [0.3, 0.4) is 0 Å². The van der Waals surface area contributed by atoms with Crippen molar-refractivity contribution in [3.05, 3.63) is 17.5 Å². The third-order valence-electron chi connectivity index (χ3n) is 3.36. The zero-order chi connectivity index (χ0) is 13.8. The quantitative estimate of drug-likeness (QED) is 0.810. The number of nitrogens with one attached hydrogen (secondary N) is 1. The molecule has 1 aromatic rings. The van der Waals surface area contributed by atoms with E-state index in [0.29, 0.717) is 29.9 Å². The van der Waals surface area contributed by atoms with Crippen LogP contribution >= 0.6 is 0 Å². The SMILES string of the molecule is CCOC(=O)c1cnc(N(C)C2CCNC2)nc1C. The highest BCUT2D eigenvalue weighted by Gasteiger charge is 2.22. The van der Waals surface area contributed by atoms with Crippen LogP contribution in [0.4, 0.5) is 5.95 Å². The van der Waals surface area contributed by atoms with Crippen LogP contribution in [0.1, 0.15) is 29.4 Å². The Bertz CT molecular complexity index is 458. The summed E-state index contributed by atoms with van der Waals surface area (Å²) in [6, 6.07) is 0.410. The first-order chi connectivity index (χ1) is 9.13. The normalized spacial score (nSPS) is 18.4. The highest BCUT2D eigenvalue weighted by Crippen LogP contribution is 2.16. The zero-order valence-corrected chi connectivity index (χ0v) is 11.6. The van der Waals surface area contributed by atoms with Gasteiger partial charge in [-0.15, -0.1) is 0 Å². The smallest absolute Gasteiger partial charge is 0.341 e. The number of hydrogen-bond acceptors (Lipinski definition) is 6. The lowest BCUT2D eigenvalue weighted by Gasteiger charge is -2.24. The van der Waals surface area contributed by atoms with Crippen LogP contribution in [0.15, 0.2) is 6.20 Å². The Morgan fingerprint density at radius 3 is 3.00 bits per heavy atom. The monoisotopic (exact) mass is 264 g/mol. The van der Waals surface area contributed by atoms with Crippen molar-refractivity contribution in [1.29, 1.82) is 0 Å². The maximum absolute atomic E-state index is 11.7. The highest BCUT2D eigenvalue weighted by atomic mass is 16.5. The van der Waals surface area contributed by atoms with E-state index >= 15 is 0 Å². The number of rotatable bonds is 4. The van der Waals surface area contributed by atoms with Crippen LogP contribution in [-0.4, -0.2) is 48.7 Å². The Morgan fingerprint density at radius 1 is 1.63 bits per heavy atom. The summed E-state index contributed by atoms with van der Waals surface area (Å²) in [6.45, 7) is 5.91. The number of hydrogen-bond donors (Lipinski definition) is 1. The van der Waals surface area contributed by atoms with Crippen molar-refractivity contribution < 1.29 is 9.53 Å². The lowest BCUT2D eigenvalue weighted by molar-refractivity contribution is 0.0524. The number of likely N-dealkylation sites (N-methyl/N-ethyl adjacent to an activating group) is 1. The molecule has 1 aromatic heterocycles. The first-order valence-electron chi connectivity index (χ1n) is 6.57.